The average Bonchev–Trinajstić information content (AvgIpc) is 2.66. The van der Waals surface area contributed by atoms with Gasteiger partial charge in [-0.2, -0.15) is 0 Å². The molecule has 0 bridgehead atoms. The summed E-state index contributed by atoms with van der Waals surface area (Å²) >= 11 is 0. The van der Waals surface area contributed by atoms with E-state index in [2.05, 4.69) is 12.2 Å². The number of hydrogen-bond acceptors (Lipinski definition) is 2. The van der Waals surface area contributed by atoms with E-state index in [0.717, 1.165) is 6.54 Å². The van der Waals surface area contributed by atoms with Gasteiger partial charge in [0.05, 0.1) is 6.61 Å². The molecule has 1 aliphatic carbocycles. The van der Waals surface area contributed by atoms with Gasteiger partial charge in [-0.05, 0) is 25.2 Å². The van der Waals surface area contributed by atoms with Gasteiger partial charge in [0.1, 0.15) is 0 Å². The Bertz CT molecular complexity index is 152. The van der Waals surface area contributed by atoms with Gasteiger partial charge in [-0.15, -0.1) is 0 Å². The van der Waals surface area contributed by atoms with E-state index < -0.39 is 0 Å². The van der Waals surface area contributed by atoms with E-state index in [1.807, 2.05) is 0 Å². The van der Waals surface area contributed by atoms with Gasteiger partial charge in [0, 0.05) is 6.54 Å². The molecule has 1 saturated carbocycles. The lowest BCUT2D eigenvalue weighted by Crippen LogP contribution is -2.29. The molecule has 1 fully saturated rings. The number of amides is 1. The third-order valence-electron chi connectivity index (χ3n) is 2.04. The van der Waals surface area contributed by atoms with Crippen molar-refractivity contribution in [2.75, 3.05) is 13.2 Å². The van der Waals surface area contributed by atoms with E-state index >= 15 is 0 Å². The molecular weight excluding hydrogens is 142 g/mol. The zero-order chi connectivity index (χ0) is 8.32. The van der Waals surface area contributed by atoms with Gasteiger partial charge < -0.3 is 10.1 Å². The maximum Gasteiger partial charge on any atom is 0.407 e. The van der Waals surface area contributed by atoms with Crippen molar-refractivity contribution in [2.24, 2.45) is 5.41 Å². The van der Waals surface area contributed by atoms with Gasteiger partial charge in [-0.1, -0.05) is 6.92 Å². The molecular formula is C8H15NO2. The maximum absolute atomic E-state index is 10.8. The SMILES string of the molecule is CCOC(=O)NCC1(C)CC1. The molecule has 3 heteroatoms. The number of ether oxygens (including phenoxy) is 1. The highest BCUT2D eigenvalue weighted by atomic mass is 16.5. The summed E-state index contributed by atoms with van der Waals surface area (Å²) in [7, 11) is 0. The van der Waals surface area contributed by atoms with Gasteiger partial charge >= 0.3 is 6.09 Å². The molecule has 0 aliphatic heterocycles. The van der Waals surface area contributed by atoms with E-state index in [0.29, 0.717) is 12.0 Å². The van der Waals surface area contributed by atoms with Crippen LogP contribution in [-0.4, -0.2) is 19.2 Å². The van der Waals surface area contributed by atoms with E-state index in [4.69, 9.17) is 4.74 Å². The average molecular weight is 157 g/mol. The molecule has 0 spiro atoms. The molecule has 1 N–H and O–H groups in total. The summed E-state index contributed by atoms with van der Waals surface area (Å²) in [5, 5.41) is 2.72. The number of carbonyl (C=O) groups is 1. The summed E-state index contributed by atoms with van der Waals surface area (Å²) in [4.78, 5) is 10.8. The largest absolute Gasteiger partial charge is 0.450 e. The molecule has 0 radical (unpaired) electrons. The molecule has 0 atom stereocenters. The molecule has 0 aromatic heterocycles. The highest BCUT2D eigenvalue weighted by molar-refractivity contribution is 5.67. The maximum atomic E-state index is 10.8. The second kappa shape index (κ2) is 3.11. The molecule has 0 unspecified atom stereocenters. The molecule has 11 heavy (non-hydrogen) atoms. The van der Waals surface area contributed by atoms with Gasteiger partial charge in [0.2, 0.25) is 0 Å². The summed E-state index contributed by atoms with van der Waals surface area (Å²) in [6.07, 6.45) is 2.15. The lowest BCUT2D eigenvalue weighted by atomic mass is 10.1. The Kier molecular flexibility index (Phi) is 2.37. The minimum atomic E-state index is -0.291. The van der Waals surface area contributed by atoms with E-state index in [1.165, 1.54) is 12.8 Å². The molecule has 1 amide bonds. The normalized spacial score (nSPS) is 19.1. The Morgan fingerprint density at radius 1 is 1.64 bits per heavy atom. The number of alkyl carbamates (subject to hydrolysis) is 1. The predicted molar refractivity (Wildman–Crippen MR) is 42.4 cm³/mol. The Labute approximate surface area is 67.1 Å². The van der Waals surface area contributed by atoms with Gasteiger partial charge in [0.15, 0.2) is 0 Å². The highest BCUT2D eigenvalue weighted by Gasteiger charge is 2.37. The number of hydrogen-bond donors (Lipinski definition) is 1. The molecule has 3 nitrogen and oxygen atoms in total. The Morgan fingerprint density at radius 3 is 2.73 bits per heavy atom. The second-order valence-electron chi connectivity index (χ2n) is 3.38. The number of nitrogens with one attached hydrogen (secondary N) is 1. The van der Waals surface area contributed by atoms with Crippen LogP contribution in [0.3, 0.4) is 0 Å². The third-order valence-corrected chi connectivity index (χ3v) is 2.04. The van der Waals surface area contributed by atoms with Crippen molar-refractivity contribution >= 4 is 6.09 Å². The molecule has 64 valence electrons. The van der Waals surface area contributed by atoms with E-state index in [1.54, 1.807) is 6.92 Å². The summed E-state index contributed by atoms with van der Waals surface area (Å²) in [6, 6.07) is 0. The summed E-state index contributed by atoms with van der Waals surface area (Å²) < 4.78 is 4.72. The molecule has 1 rings (SSSR count). The summed E-state index contributed by atoms with van der Waals surface area (Å²) in [5.74, 6) is 0. The molecule has 1 aliphatic rings. The monoisotopic (exact) mass is 157 g/mol. The van der Waals surface area contributed by atoms with Crippen LogP contribution in [0.15, 0.2) is 0 Å². The van der Waals surface area contributed by atoms with Crippen molar-refractivity contribution in [1.29, 1.82) is 0 Å². The fraction of sp³-hybridized carbons (Fsp3) is 0.875. The third kappa shape index (κ3) is 2.78. The van der Waals surface area contributed by atoms with Crippen LogP contribution in [0.1, 0.15) is 26.7 Å². The van der Waals surface area contributed by atoms with Crippen LogP contribution in [0.2, 0.25) is 0 Å². The van der Waals surface area contributed by atoms with E-state index in [9.17, 15) is 4.79 Å². The smallest absolute Gasteiger partial charge is 0.407 e. The van der Waals surface area contributed by atoms with Crippen molar-refractivity contribution in [3.8, 4) is 0 Å². The van der Waals surface area contributed by atoms with Crippen molar-refractivity contribution in [3.05, 3.63) is 0 Å². The Balaban J connectivity index is 2.06. The van der Waals surface area contributed by atoms with Crippen LogP contribution in [0.4, 0.5) is 4.79 Å². The first-order chi connectivity index (χ1) is 5.16. The van der Waals surface area contributed by atoms with Crippen LogP contribution in [0.5, 0.6) is 0 Å². The molecule has 0 saturated heterocycles. The topological polar surface area (TPSA) is 38.3 Å². The molecule has 0 aromatic rings. The Hall–Kier alpha value is -0.730. The minimum absolute atomic E-state index is 0.291. The number of carbonyl (C=O) groups excluding carboxylic acids is 1. The zero-order valence-electron chi connectivity index (χ0n) is 7.14. The molecule has 0 heterocycles. The zero-order valence-corrected chi connectivity index (χ0v) is 7.14. The fourth-order valence-corrected chi connectivity index (χ4v) is 0.858. The first-order valence-corrected chi connectivity index (χ1v) is 4.07. The summed E-state index contributed by atoms with van der Waals surface area (Å²) in [5.41, 5.74) is 0.368. The van der Waals surface area contributed by atoms with Gasteiger partial charge in [-0.25, -0.2) is 4.79 Å². The highest BCUT2D eigenvalue weighted by Crippen LogP contribution is 2.43. The predicted octanol–water partition coefficient (Wildman–Crippen LogP) is 1.53. The number of rotatable bonds is 3. The van der Waals surface area contributed by atoms with Crippen molar-refractivity contribution in [3.63, 3.8) is 0 Å². The van der Waals surface area contributed by atoms with Crippen LogP contribution in [-0.2, 0) is 4.74 Å². The second-order valence-corrected chi connectivity index (χ2v) is 3.38. The van der Waals surface area contributed by atoms with Crippen molar-refractivity contribution in [2.45, 2.75) is 26.7 Å². The van der Waals surface area contributed by atoms with Gasteiger partial charge in [0.25, 0.3) is 0 Å². The van der Waals surface area contributed by atoms with Crippen molar-refractivity contribution in [1.82, 2.24) is 5.32 Å². The van der Waals surface area contributed by atoms with Crippen molar-refractivity contribution < 1.29 is 9.53 Å². The van der Waals surface area contributed by atoms with Crippen LogP contribution in [0.25, 0.3) is 0 Å². The first kappa shape index (κ1) is 8.37. The fourth-order valence-electron chi connectivity index (χ4n) is 0.858. The Morgan fingerprint density at radius 2 is 2.27 bits per heavy atom. The lowest BCUT2D eigenvalue weighted by Gasteiger charge is -2.08. The summed E-state index contributed by atoms with van der Waals surface area (Å²) in [6.45, 7) is 5.17. The molecule has 0 aromatic carbocycles. The van der Waals surface area contributed by atoms with Crippen LogP contribution < -0.4 is 5.32 Å². The lowest BCUT2D eigenvalue weighted by molar-refractivity contribution is 0.150. The van der Waals surface area contributed by atoms with Gasteiger partial charge in [-0.3, -0.25) is 0 Å². The quantitative estimate of drug-likeness (QED) is 0.674. The van der Waals surface area contributed by atoms with E-state index in [-0.39, 0.29) is 6.09 Å². The van der Waals surface area contributed by atoms with Crippen LogP contribution >= 0.6 is 0 Å². The van der Waals surface area contributed by atoms with Crippen LogP contribution in [0, 0.1) is 5.41 Å². The first-order valence-electron chi connectivity index (χ1n) is 4.07. The minimum Gasteiger partial charge on any atom is -0.450 e. The standard InChI is InChI=1S/C8H15NO2/c1-3-11-7(10)9-6-8(2)4-5-8/h3-6H2,1-2H3,(H,9,10).